The monoisotopic (exact) mass is 222 g/mol. The van der Waals surface area contributed by atoms with E-state index >= 15 is 0 Å². The summed E-state index contributed by atoms with van der Waals surface area (Å²) < 4.78 is 11.0. The predicted molar refractivity (Wildman–Crippen MR) is 66.9 cm³/mol. The van der Waals surface area contributed by atoms with E-state index in [2.05, 4.69) is 26.8 Å². The Kier molecular flexibility index (Phi) is 5.94. The molecule has 0 amide bonds. The first-order chi connectivity index (χ1) is 7.68. The summed E-state index contributed by atoms with van der Waals surface area (Å²) in [6.45, 7) is 8.59. The average molecular weight is 222 g/mol. The first-order valence-corrected chi connectivity index (χ1v) is 5.95. The standard InChI is InChI=1S/C14H22O2/c1-12(2)7-8-15-9-10-16-14-6-4-5-13(3)11-14/h4-6,11-12H,7-10H2,1-3H3. The molecule has 0 saturated carbocycles. The molecule has 0 aliphatic carbocycles. The minimum Gasteiger partial charge on any atom is -0.491 e. The van der Waals surface area contributed by atoms with Crippen LogP contribution in [0.2, 0.25) is 0 Å². The van der Waals surface area contributed by atoms with Crippen LogP contribution in [0.5, 0.6) is 5.75 Å². The highest BCUT2D eigenvalue weighted by atomic mass is 16.5. The maximum Gasteiger partial charge on any atom is 0.119 e. The van der Waals surface area contributed by atoms with E-state index in [0.717, 1.165) is 18.8 Å². The van der Waals surface area contributed by atoms with Crippen LogP contribution in [-0.4, -0.2) is 19.8 Å². The molecule has 2 nitrogen and oxygen atoms in total. The molecule has 0 fully saturated rings. The highest BCUT2D eigenvalue weighted by Crippen LogP contribution is 2.11. The number of aryl methyl sites for hydroxylation is 1. The molecule has 1 aromatic rings. The lowest BCUT2D eigenvalue weighted by Gasteiger charge is -2.08. The van der Waals surface area contributed by atoms with Gasteiger partial charge in [-0.05, 0) is 37.0 Å². The van der Waals surface area contributed by atoms with E-state index in [4.69, 9.17) is 9.47 Å². The molecule has 0 bridgehead atoms. The third kappa shape index (κ3) is 5.76. The van der Waals surface area contributed by atoms with Crippen LogP contribution in [0.3, 0.4) is 0 Å². The Balaban J connectivity index is 2.07. The summed E-state index contributed by atoms with van der Waals surface area (Å²) in [7, 11) is 0. The molecule has 0 N–H and O–H groups in total. The Labute approximate surface area is 98.6 Å². The smallest absolute Gasteiger partial charge is 0.119 e. The van der Waals surface area contributed by atoms with E-state index in [0.29, 0.717) is 19.1 Å². The molecule has 0 aromatic heterocycles. The van der Waals surface area contributed by atoms with Crippen molar-refractivity contribution >= 4 is 0 Å². The second-order valence-electron chi connectivity index (χ2n) is 4.46. The summed E-state index contributed by atoms with van der Waals surface area (Å²) in [4.78, 5) is 0. The quantitative estimate of drug-likeness (QED) is 0.658. The van der Waals surface area contributed by atoms with Crippen LogP contribution in [0.25, 0.3) is 0 Å². The van der Waals surface area contributed by atoms with Gasteiger partial charge < -0.3 is 9.47 Å². The highest BCUT2D eigenvalue weighted by Gasteiger charge is 1.96. The Morgan fingerprint density at radius 3 is 2.62 bits per heavy atom. The van der Waals surface area contributed by atoms with Crippen LogP contribution in [-0.2, 0) is 4.74 Å². The summed E-state index contributed by atoms with van der Waals surface area (Å²) in [5.41, 5.74) is 1.22. The van der Waals surface area contributed by atoms with Crippen molar-refractivity contribution in [2.24, 2.45) is 5.92 Å². The molecule has 0 aliphatic rings. The molecule has 16 heavy (non-hydrogen) atoms. The van der Waals surface area contributed by atoms with Crippen molar-refractivity contribution in [3.8, 4) is 5.75 Å². The Hall–Kier alpha value is -1.02. The first-order valence-electron chi connectivity index (χ1n) is 5.95. The Morgan fingerprint density at radius 1 is 1.12 bits per heavy atom. The van der Waals surface area contributed by atoms with Gasteiger partial charge in [-0.2, -0.15) is 0 Å². The fourth-order valence-corrected chi connectivity index (χ4v) is 1.34. The number of ether oxygens (including phenoxy) is 2. The SMILES string of the molecule is Cc1cccc(OCCOCCC(C)C)c1. The van der Waals surface area contributed by atoms with Gasteiger partial charge in [-0.3, -0.25) is 0 Å². The van der Waals surface area contributed by atoms with Crippen LogP contribution >= 0.6 is 0 Å². The summed E-state index contributed by atoms with van der Waals surface area (Å²) in [6.07, 6.45) is 1.12. The van der Waals surface area contributed by atoms with Crippen molar-refractivity contribution in [2.45, 2.75) is 27.2 Å². The maximum atomic E-state index is 5.57. The van der Waals surface area contributed by atoms with Crippen LogP contribution in [0.15, 0.2) is 24.3 Å². The van der Waals surface area contributed by atoms with Crippen LogP contribution in [0, 0.1) is 12.8 Å². The molecule has 2 heteroatoms. The Bertz CT molecular complexity index is 295. The van der Waals surface area contributed by atoms with Crippen molar-refractivity contribution < 1.29 is 9.47 Å². The molecule has 90 valence electrons. The molecule has 0 saturated heterocycles. The van der Waals surface area contributed by atoms with Gasteiger partial charge in [0, 0.05) is 6.61 Å². The zero-order chi connectivity index (χ0) is 11.8. The molecule has 0 atom stereocenters. The fourth-order valence-electron chi connectivity index (χ4n) is 1.34. The number of hydrogen-bond donors (Lipinski definition) is 0. The van der Waals surface area contributed by atoms with Gasteiger partial charge in [0.05, 0.1) is 6.61 Å². The molecule has 0 spiro atoms. The van der Waals surface area contributed by atoms with Crippen molar-refractivity contribution in [3.05, 3.63) is 29.8 Å². The van der Waals surface area contributed by atoms with E-state index in [1.807, 2.05) is 18.2 Å². The first kappa shape index (κ1) is 13.0. The molecule has 1 rings (SSSR count). The van der Waals surface area contributed by atoms with Gasteiger partial charge in [0.2, 0.25) is 0 Å². The molecule has 0 unspecified atom stereocenters. The fraction of sp³-hybridized carbons (Fsp3) is 0.571. The van der Waals surface area contributed by atoms with Crippen molar-refractivity contribution in [3.63, 3.8) is 0 Å². The largest absolute Gasteiger partial charge is 0.491 e. The van der Waals surface area contributed by atoms with Crippen molar-refractivity contribution in [1.82, 2.24) is 0 Å². The maximum absolute atomic E-state index is 5.57. The van der Waals surface area contributed by atoms with E-state index in [-0.39, 0.29) is 0 Å². The molecular formula is C14H22O2. The molecular weight excluding hydrogens is 200 g/mol. The lowest BCUT2D eigenvalue weighted by molar-refractivity contribution is 0.0926. The minimum atomic E-state index is 0.627. The summed E-state index contributed by atoms with van der Waals surface area (Å²) in [6, 6.07) is 8.07. The van der Waals surface area contributed by atoms with Crippen molar-refractivity contribution in [2.75, 3.05) is 19.8 Å². The van der Waals surface area contributed by atoms with Crippen LogP contribution in [0.1, 0.15) is 25.8 Å². The Morgan fingerprint density at radius 2 is 1.94 bits per heavy atom. The molecule has 1 aromatic carbocycles. The molecule has 0 aliphatic heterocycles. The van der Waals surface area contributed by atoms with Crippen LogP contribution < -0.4 is 4.74 Å². The van der Waals surface area contributed by atoms with Gasteiger partial charge in [-0.25, -0.2) is 0 Å². The van der Waals surface area contributed by atoms with Gasteiger partial charge in [0.15, 0.2) is 0 Å². The normalized spacial score (nSPS) is 10.8. The molecule has 0 radical (unpaired) electrons. The predicted octanol–water partition coefficient (Wildman–Crippen LogP) is 3.44. The van der Waals surface area contributed by atoms with E-state index < -0.39 is 0 Å². The van der Waals surface area contributed by atoms with Gasteiger partial charge in [-0.15, -0.1) is 0 Å². The number of rotatable bonds is 7. The molecule has 0 heterocycles. The second-order valence-corrected chi connectivity index (χ2v) is 4.46. The lowest BCUT2D eigenvalue weighted by atomic mass is 10.1. The third-order valence-electron chi connectivity index (χ3n) is 2.33. The van der Waals surface area contributed by atoms with Gasteiger partial charge in [0.25, 0.3) is 0 Å². The zero-order valence-electron chi connectivity index (χ0n) is 10.5. The number of benzene rings is 1. The highest BCUT2D eigenvalue weighted by molar-refractivity contribution is 5.27. The lowest BCUT2D eigenvalue weighted by Crippen LogP contribution is -2.08. The van der Waals surface area contributed by atoms with Crippen LogP contribution in [0.4, 0.5) is 0 Å². The van der Waals surface area contributed by atoms with Crippen molar-refractivity contribution in [1.29, 1.82) is 0 Å². The van der Waals surface area contributed by atoms with E-state index in [1.165, 1.54) is 5.56 Å². The van der Waals surface area contributed by atoms with Gasteiger partial charge >= 0.3 is 0 Å². The topological polar surface area (TPSA) is 18.5 Å². The number of hydrogen-bond acceptors (Lipinski definition) is 2. The van der Waals surface area contributed by atoms with Gasteiger partial charge in [-0.1, -0.05) is 26.0 Å². The van der Waals surface area contributed by atoms with E-state index in [9.17, 15) is 0 Å². The summed E-state index contributed by atoms with van der Waals surface area (Å²) in [5.74, 6) is 1.63. The van der Waals surface area contributed by atoms with E-state index in [1.54, 1.807) is 0 Å². The minimum absolute atomic E-state index is 0.627. The second kappa shape index (κ2) is 7.29. The zero-order valence-corrected chi connectivity index (χ0v) is 10.5. The summed E-state index contributed by atoms with van der Waals surface area (Å²) in [5, 5.41) is 0. The van der Waals surface area contributed by atoms with Gasteiger partial charge in [0.1, 0.15) is 12.4 Å². The summed E-state index contributed by atoms with van der Waals surface area (Å²) >= 11 is 0. The average Bonchev–Trinajstić information content (AvgIpc) is 2.23. The third-order valence-corrected chi connectivity index (χ3v) is 2.33.